The van der Waals surface area contributed by atoms with Gasteiger partial charge in [0.1, 0.15) is 0 Å². The van der Waals surface area contributed by atoms with E-state index in [0.717, 1.165) is 0 Å². The zero-order valence-corrected chi connectivity index (χ0v) is 15.4. The molecule has 1 aliphatic carbocycles. The molecule has 2 rings (SSSR count). The molecule has 2 atom stereocenters. The highest BCUT2D eigenvalue weighted by molar-refractivity contribution is 7.89. The van der Waals surface area contributed by atoms with E-state index in [4.69, 9.17) is 5.11 Å². The van der Waals surface area contributed by atoms with E-state index >= 15 is 0 Å². The van der Waals surface area contributed by atoms with Gasteiger partial charge in [-0.2, -0.15) is 4.31 Å². The van der Waals surface area contributed by atoms with Crippen LogP contribution in [-0.2, 0) is 14.8 Å². The fourth-order valence-corrected chi connectivity index (χ4v) is 4.20. The van der Waals surface area contributed by atoms with Gasteiger partial charge in [-0.1, -0.05) is 0 Å². The van der Waals surface area contributed by atoms with Crippen molar-refractivity contribution < 1.29 is 23.1 Å². The van der Waals surface area contributed by atoms with E-state index in [1.807, 2.05) is 0 Å². The average Bonchev–Trinajstić information content (AvgIpc) is 3.02. The van der Waals surface area contributed by atoms with E-state index in [1.165, 1.54) is 35.6 Å². The Hall–Kier alpha value is -1.93. The first kappa shape index (κ1) is 19.4. The number of carbonyl (C=O) groups is 2. The molecule has 0 spiro atoms. The molecule has 1 aromatic carbocycles. The Kier molecular flexibility index (Phi) is 5.84. The summed E-state index contributed by atoms with van der Waals surface area (Å²) in [6, 6.07) is 5.44. The molecule has 0 unspecified atom stereocenters. The predicted octanol–water partition coefficient (Wildman–Crippen LogP) is 1.70. The molecule has 0 bridgehead atoms. The van der Waals surface area contributed by atoms with Gasteiger partial charge in [0.25, 0.3) is 5.91 Å². The number of carbonyl (C=O) groups excluding carboxylic acids is 1. The highest BCUT2D eigenvalue weighted by Crippen LogP contribution is 2.26. The topological polar surface area (TPSA) is 104 Å². The van der Waals surface area contributed by atoms with E-state index in [0.29, 0.717) is 24.8 Å². The quantitative estimate of drug-likeness (QED) is 0.795. The minimum absolute atomic E-state index is 0.132. The van der Waals surface area contributed by atoms with E-state index in [-0.39, 0.29) is 22.9 Å². The third-order valence-corrected chi connectivity index (χ3v) is 6.69. The maximum Gasteiger partial charge on any atom is 0.306 e. The van der Waals surface area contributed by atoms with E-state index in [9.17, 15) is 18.0 Å². The van der Waals surface area contributed by atoms with Crippen molar-refractivity contribution in [3.05, 3.63) is 29.8 Å². The summed E-state index contributed by atoms with van der Waals surface area (Å²) < 4.78 is 26.1. The number of hydrogen-bond donors (Lipinski definition) is 2. The smallest absolute Gasteiger partial charge is 0.306 e. The first-order valence-corrected chi connectivity index (χ1v) is 9.68. The van der Waals surface area contributed by atoms with Crippen molar-refractivity contribution in [2.45, 2.75) is 50.1 Å². The zero-order chi connectivity index (χ0) is 18.8. The van der Waals surface area contributed by atoms with Crippen molar-refractivity contribution in [2.75, 3.05) is 7.05 Å². The van der Waals surface area contributed by atoms with Crippen LogP contribution in [0.25, 0.3) is 0 Å². The third kappa shape index (κ3) is 4.38. The molecular formula is C17H24N2O5S. The van der Waals surface area contributed by atoms with Crippen molar-refractivity contribution in [3.63, 3.8) is 0 Å². The number of nitrogens with zero attached hydrogens (tertiary/aromatic N) is 1. The summed E-state index contributed by atoms with van der Waals surface area (Å²) in [5.74, 6) is -1.57. The summed E-state index contributed by atoms with van der Waals surface area (Å²) in [5, 5.41) is 11.8. The number of nitrogens with one attached hydrogen (secondary N) is 1. The number of benzene rings is 1. The maximum atomic E-state index is 12.4. The Morgan fingerprint density at radius 1 is 1.20 bits per heavy atom. The molecule has 1 aliphatic rings. The SMILES string of the molecule is CC(C)N(C)S(=O)(=O)c1ccc(C(=O)N[C@@H]2CC[C@H](C(=O)O)C2)cc1. The van der Waals surface area contributed by atoms with Crippen molar-refractivity contribution in [1.29, 1.82) is 0 Å². The van der Waals surface area contributed by atoms with Gasteiger partial charge < -0.3 is 10.4 Å². The first-order valence-electron chi connectivity index (χ1n) is 8.24. The number of sulfonamides is 1. The highest BCUT2D eigenvalue weighted by atomic mass is 32.2. The molecular weight excluding hydrogens is 344 g/mol. The molecule has 8 heteroatoms. The van der Waals surface area contributed by atoms with Gasteiger partial charge in [-0.3, -0.25) is 9.59 Å². The van der Waals surface area contributed by atoms with Crippen LogP contribution in [-0.4, -0.2) is 48.8 Å². The summed E-state index contributed by atoms with van der Waals surface area (Å²) in [6.45, 7) is 3.57. The molecule has 1 aromatic rings. The second kappa shape index (κ2) is 7.53. The molecule has 0 aromatic heterocycles. The van der Waals surface area contributed by atoms with Crippen LogP contribution in [0.4, 0.5) is 0 Å². The number of carboxylic acids is 1. The number of hydrogen-bond acceptors (Lipinski definition) is 4. The monoisotopic (exact) mass is 368 g/mol. The minimum Gasteiger partial charge on any atom is -0.481 e. The molecule has 0 aliphatic heterocycles. The molecule has 1 amide bonds. The molecule has 1 fully saturated rings. The number of aliphatic carboxylic acids is 1. The number of rotatable bonds is 6. The second-order valence-electron chi connectivity index (χ2n) is 6.66. The van der Waals surface area contributed by atoms with Gasteiger partial charge in [0.2, 0.25) is 10.0 Å². The molecule has 7 nitrogen and oxygen atoms in total. The van der Waals surface area contributed by atoms with Gasteiger partial charge in [0.05, 0.1) is 10.8 Å². The van der Waals surface area contributed by atoms with Crippen LogP contribution in [0.3, 0.4) is 0 Å². The van der Waals surface area contributed by atoms with Crippen LogP contribution in [0.1, 0.15) is 43.5 Å². The first-order chi connectivity index (χ1) is 11.6. The second-order valence-corrected chi connectivity index (χ2v) is 8.66. The normalized spacial score (nSPS) is 20.8. The molecule has 138 valence electrons. The Morgan fingerprint density at radius 2 is 1.80 bits per heavy atom. The van der Waals surface area contributed by atoms with Gasteiger partial charge in [-0.25, -0.2) is 8.42 Å². The lowest BCUT2D eigenvalue weighted by atomic mass is 10.1. The summed E-state index contributed by atoms with van der Waals surface area (Å²) in [5.41, 5.74) is 0.352. The molecule has 0 radical (unpaired) electrons. The fraction of sp³-hybridized carbons (Fsp3) is 0.529. The Morgan fingerprint density at radius 3 is 2.28 bits per heavy atom. The fourth-order valence-electron chi connectivity index (χ4n) is 2.83. The molecule has 1 saturated carbocycles. The number of amides is 1. The lowest BCUT2D eigenvalue weighted by Gasteiger charge is -2.21. The van der Waals surface area contributed by atoms with Gasteiger partial charge in [-0.05, 0) is 57.4 Å². The summed E-state index contributed by atoms with van der Waals surface area (Å²) in [4.78, 5) is 23.4. The molecule has 25 heavy (non-hydrogen) atoms. The van der Waals surface area contributed by atoms with Crippen molar-refractivity contribution >= 4 is 21.9 Å². The number of carboxylic acid groups (broad SMARTS) is 1. The Balaban J connectivity index is 2.05. The molecule has 2 N–H and O–H groups in total. The predicted molar refractivity (Wildman–Crippen MR) is 92.8 cm³/mol. The van der Waals surface area contributed by atoms with Gasteiger partial charge in [0, 0.05) is 24.7 Å². The van der Waals surface area contributed by atoms with Gasteiger partial charge in [-0.15, -0.1) is 0 Å². The lowest BCUT2D eigenvalue weighted by molar-refractivity contribution is -0.141. The Bertz CT molecular complexity index is 743. The largest absolute Gasteiger partial charge is 0.481 e. The lowest BCUT2D eigenvalue weighted by Crippen LogP contribution is -2.34. The van der Waals surface area contributed by atoms with Crippen molar-refractivity contribution in [3.8, 4) is 0 Å². The third-order valence-electron chi connectivity index (χ3n) is 4.64. The van der Waals surface area contributed by atoms with Crippen molar-refractivity contribution in [1.82, 2.24) is 9.62 Å². The van der Waals surface area contributed by atoms with Crippen LogP contribution in [0.2, 0.25) is 0 Å². The molecule has 0 saturated heterocycles. The summed E-state index contributed by atoms with van der Waals surface area (Å²) >= 11 is 0. The maximum absolute atomic E-state index is 12.4. The summed E-state index contributed by atoms with van der Waals surface area (Å²) in [6.07, 6.45) is 1.61. The average molecular weight is 368 g/mol. The summed E-state index contributed by atoms with van der Waals surface area (Å²) in [7, 11) is -2.07. The van der Waals surface area contributed by atoms with E-state index < -0.39 is 21.9 Å². The van der Waals surface area contributed by atoms with Crippen LogP contribution in [0.15, 0.2) is 29.2 Å². The van der Waals surface area contributed by atoms with E-state index in [1.54, 1.807) is 13.8 Å². The van der Waals surface area contributed by atoms with Crippen LogP contribution in [0, 0.1) is 5.92 Å². The van der Waals surface area contributed by atoms with Crippen LogP contribution < -0.4 is 5.32 Å². The van der Waals surface area contributed by atoms with Gasteiger partial charge >= 0.3 is 5.97 Å². The minimum atomic E-state index is -3.58. The highest BCUT2D eigenvalue weighted by Gasteiger charge is 2.30. The van der Waals surface area contributed by atoms with Crippen LogP contribution in [0.5, 0.6) is 0 Å². The van der Waals surface area contributed by atoms with Crippen molar-refractivity contribution in [2.24, 2.45) is 5.92 Å². The Labute approximate surface area is 148 Å². The standard InChI is InChI=1S/C17H24N2O5S/c1-11(2)19(3)25(23,24)15-8-5-12(6-9-15)16(20)18-14-7-4-13(10-14)17(21)22/h5-6,8-9,11,13-14H,4,7,10H2,1-3H3,(H,18,20)(H,21,22)/t13-,14+/m0/s1. The van der Waals surface area contributed by atoms with Crippen LogP contribution >= 0.6 is 0 Å². The molecule has 0 heterocycles. The zero-order valence-electron chi connectivity index (χ0n) is 14.6. The van der Waals surface area contributed by atoms with E-state index in [2.05, 4.69) is 5.32 Å². The van der Waals surface area contributed by atoms with Gasteiger partial charge in [0.15, 0.2) is 0 Å².